The van der Waals surface area contributed by atoms with E-state index in [0.29, 0.717) is 12.0 Å². The standard InChI is InChI=1S/C14H22N4S/c1-17(13-5-3-2-4-11(13)8-15)9-12-10-18-6-7-19-14(18)16-12/h6-7,10-11,13H,2-5,8-9,15H2,1H3. The molecule has 2 aromatic heterocycles. The summed E-state index contributed by atoms with van der Waals surface area (Å²) in [5, 5.41) is 2.07. The van der Waals surface area contributed by atoms with Crippen LogP contribution in [0.5, 0.6) is 0 Å². The maximum absolute atomic E-state index is 5.92. The van der Waals surface area contributed by atoms with Crippen molar-refractivity contribution in [2.24, 2.45) is 11.7 Å². The number of fused-ring (bicyclic) bond motifs is 1. The van der Waals surface area contributed by atoms with Gasteiger partial charge in [-0.05, 0) is 32.4 Å². The summed E-state index contributed by atoms with van der Waals surface area (Å²) in [6.45, 7) is 1.74. The minimum Gasteiger partial charge on any atom is -0.330 e. The Hall–Kier alpha value is -0.910. The van der Waals surface area contributed by atoms with Gasteiger partial charge in [0.15, 0.2) is 4.96 Å². The van der Waals surface area contributed by atoms with Crippen LogP contribution < -0.4 is 5.73 Å². The summed E-state index contributed by atoms with van der Waals surface area (Å²) in [5.41, 5.74) is 7.09. The lowest BCUT2D eigenvalue weighted by molar-refractivity contribution is 0.126. The average molecular weight is 278 g/mol. The van der Waals surface area contributed by atoms with Crippen LogP contribution in [0.1, 0.15) is 31.4 Å². The van der Waals surface area contributed by atoms with Crippen LogP contribution in [0, 0.1) is 5.92 Å². The van der Waals surface area contributed by atoms with E-state index in [1.54, 1.807) is 11.3 Å². The van der Waals surface area contributed by atoms with Crippen LogP contribution in [-0.4, -0.2) is 33.9 Å². The molecule has 0 aromatic carbocycles. The van der Waals surface area contributed by atoms with Crippen LogP contribution in [0.15, 0.2) is 17.8 Å². The van der Waals surface area contributed by atoms with Crippen LogP contribution in [0.3, 0.4) is 0 Å². The first kappa shape index (κ1) is 13.1. The molecule has 0 saturated heterocycles. The third-order valence-corrected chi connectivity index (χ3v) is 5.06. The van der Waals surface area contributed by atoms with Gasteiger partial charge in [-0.3, -0.25) is 9.30 Å². The summed E-state index contributed by atoms with van der Waals surface area (Å²) >= 11 is 1.69. The Bertz CT molecular complexity index is 504. The van der Waals surface area contributed by atoms with Gasteiger partial charge >= 0.3 is 0 Å². The minimum absolute atomic E-state index is 0.624. The Morgan fingerprint density at radius 1 is 1.47 bits per heavy atom. The van der Waals surface area contributed by atoms with Crippen molar-refractivity contribution in [3.05, 3.63) is 23.5 Å². The van der Waals surface area contributed by atoms with Gasteiger partial charge in [-0.2, -0.15) is 0 Å². The van der Waals surface area contributed by atoms with Crippen LogP contribution >= 0.6 is 11.3 Å². The number of imidazole rings is 1. The molecule has 1 aliphatic rings. The zero-order valence-electron chi connectivity index (χ0n) is 11.5. The molecule has 19 heavy (non-hydrogen) atoms. The molecular formula is C14H22N4S. The zero-order valence-corrected chi connectivity index (χ0v) is 12.3. The largest absolute Gasteiger partial charge is 0.330 e. The Morgan fingerprint density at radius 3 is 3.11 bits per heavy atom. The molecule has 5 heteroatoms. The molecule has 1 saturated carbocycles. The Balaban J connectivity index is 1.69. The first-order chi connectivity index (χ1) is 9.28. The quantitative estimate of drug-likeness (QED) is 0.934. The van der Waals surface area contributed by atoms with E-state index >= 15 is 0 Å². The highest BCUT2D eigenvalue weighted by molar-refractivity contribution is 7.15. The Kier molecular flexibility index (Phi) is 3.86. The molecule has 2 unspecified atom stereocenters. The third-order valence-electron chi connectivity index (χ3n) is 4.29. The highest BCUT2D eigenvalue weighted by atomic mass is 32.1. The molecule has 0 amide bonds. The van der Waals surface area contributed by atoms with Gasteiger partial charge in [0.05, 0.1) is 5.69 Å². The van der Waals surface area contributed by atoms with E-state index < -0.39 is 0 Å². The third kappa shape index (κ3) is 2.68. The summed E-state index contributed by atoms with van der Waals surface area (Å²) in [6, 6.07) is 0.624. The topological polar surface area (TPSA) is 46.6 Å². The summed E-state index contributed by atoms with van der Waals surface area (Å²) in [6.07, 6.45) is 9.45. The van der Waals surface area contributed by atoms with Crippen molar-refractivity contribution in [3.63, 3.8) is 0 Å². The summed E-state index contributed by atoms with van der Waals surface area (Å²) in [4.78, 5) is 8.20. The van der Waals surface area contributed by atoms with E-state index in [-0.39, 0.29) is 0 Å². The van der Waals surface area contributed by atoms with Crippen LogP contribution in [0.4, 0.5) is 0 Å². The molecule has 104 valence electrons. The molecular weight excluding hydrogens is 256 g/mol. The lowest BCUT2D eigenvalue weighted by Gasteiger charge is -2.37. The number of nitrogens with two attached hydrogens (primary N) is 1. The zero-order chi connectivity index (χ0) is 13.2. The van der Waals surface area contributed by atoms with Crippen LogP contribution in [0.25, 0.3) is 4.96 Å². The molecule has 4 nitrogen and oxygen atoms in total. The molecule has 2 aromatic rings. The average Bonchev–Trinajstić information content (AvgIpc) is 2.99. The van der Waals surface area contributed by atoms with Crippen molar-refractivity contribution >= 4 is 16.3 Å². The fourth-order valence-electron chi connectivity index (χ4n) is 3.27. The molecule has 1 aliphatic carbocycles. The molecule has 2 N–H and O–H groups in total. The van der Waals surface area contributed by atoms with Crippen molar-refractivity contribution in [1.82, 2.24) is 14.3 Å². The normalized spacial score (nSPS) is 24.4. The highest BCUT2D eigenvalue weighted by Gasteiger charge is 2.27. The van der Waals surface area contributed by atoms with Crippen LogP contribution in [0.2, 0.25) is 0 Å². The van der Waals surface area contributed by atoms with Crippen molar-refractivity contribution in [2.75, 3.05) is 13.6 Å². The monoisotopic (exact) mass is 278 g/mol. The van der Waals surface area contributed by atoms with Gasteiger partial charge in [0.1, 0.15) is 0 Å². The molecule has 3 rings (SSSR count). The van der Waals surface area contributed by atoms with Gasteiger partial charge in [0.2, 0.25) is 0 Å². The smallest absolute Gasteiger partial charge is 0.193 e. The first-order valence-corrected chi connectivity index (χ1v) is 7.97. The van der Waals surface area contributed by atoms with Crippen molar-refractivity contribution in [1.29, 1.82) is 0 Å². The lowest BCUT2D eigenvalue weighted by Crippen LogP contribution is -2.42. The van der Waals surface area contributed by atoms with Gasteiger partial charge in [-0.25, -0.2) is 4.98 Å². The maximum atomic E-state index is 5.92. The second-order valence-electron chi connectivity index (χ2n) is 5.59. The first-order valence-electron chi connectivity index (χ1n) is 7.09. The van der Waals surface area contributed by atoms with Crippen molar-refractivity contribution in [3.8, 4) is 0 Å². The number of rotatable bonds is 4. The second-order valence-corrected chi connectivity index (χ2v) is 6.46. The molecule has 0 spiro atoms. The van der Waals surface area contributed by atoms with Crippen molar-refractivity contribution < 1.29 is 0 Å². The molecule has 2 atom stereocenters. The molecule has 0 bridgehead atoms. The predicted molar refractivity (Wildman–Crippen MR) is 79.3 cm³/mol. The summed E-state index contributed by atoms with van der Waals surface area (Å²) in [7, 11) is 2.21. The highest BCUT2D eigenvalue weighted by Crippen LogP contribution is 2.28. The predicted octanol–water partition coefficient (Wildman–Crippen LogP) is 2.35. The summed E-state index contributed by atoms with van der Waals surface area (Å²) in [5.74, 6) is 0.655. The van der Waals surface area contributed by atoms with E-state index in [1.807, 2.05) is 0 Å². The number of hydrogen-bond acceptors (Lipinski definition) is 4. The van der Waals surface area contributed by atoms with Crippen molar-refractivity contribution in [2.45, 2.75) is 38.3 Å². The lowest BCUT2D eigenvalue weighted by atomic mass is 9.83. The molecule has 2 heterocycles. The van der Waals surface area contributed by atoms with Crippen LogP contribution in [-0.2, 0) is 6.54 Å². The van der Waals surface area contributed by atoms with Gasteiger partial charge in [-0.15, -0.1) is 11.3 Å². The minimum atomic E-state index is 0.624. The summed E-state index contributed by atoms with van der Waals surface area (Å²) < 4.78 is 2.11. The van der Waals surface area contributed by atoms with Gasteiger partial charge in [0.25, 0.3) is 0 Å². The van der Waals surface area contributed by atoms with Gasteiger partial charge < -0.3 is 5.73 Å². The van der Waals surface area contributed by atoms with E-state index in [2.05, 4.69) is 39.1 Å². The van der Waals surface area contributed by atoms with E-state index in [4.69, 9.17) is 5.73 Å². The van der Waals surface area contributed by atoms with E-state index in [9.17, 15) is 0 Å². The molecule has 1 fully saturated rings. The number of thiazole rings is 1. The van der Waals surface area contributed by atoms with Gasteiger partial charge in [-0.1, -0.05) is 12.8 Å². The number of nitrogens with zero attached hydrogens (tertiary/aromatic N) is 3. The molecule has 0 aliphatic heterocycles. The fourth-order valence-corrected chi connectivity index (χ4v) is 3.99. The second kappa shape index (κ2) is 5.61. The number of hydrogen-bond donors (Lipinski definition) is 1. The Labute approximate surface area is 118 Å². The SMILES string of the molecule is CN(Cc1cn2ccsc2n1)C1CCCCC1CN. The Morgan fingerprint density at radius 2 is 2.32 bits per heavy atom. The molecule has 0 radical (unpaired) electrons. The van der Waals surface area contributed by atoms with Gasteiger partial charge in [0, 0.05) is 30.4 Å². The number of aromatic nitrogens is 2. The van der Waals surface area contributed by atoms with E-state index in [0.717, 1.165) is 23.7 Å². The fraction of sp³-hybridized carbons (Fsp3) is 0.643. The maximum Gasteiger partial charge on any atom is 0.193 e. The van der Waals surface area contributed by atoms with E-state index in [1.165, 1.54) is 25.7 Å².